The molecule has 0 bridgehead atoms. The van der Waals surface area contributed by atoms with Gasteiger partial charge in [-0.3, -0.25) is 19.5 Å². The number of carbonyl (C=O) groups excluding carboxylic acids is 1. The molecular formula is C23H33N3O3. The molecule has 2 aliphatic heterocycles. The largest absolute Gasteiger partial charge is 0.481 e. The molecule has 2 saturated heterocycles. The molecule has 4 rings (SSSR count). The van der Waals surface area contributed by atoms with Gasteiger partial charge in [-0.05, 0) is 56.8 Å². The first-order chi connectivity index (χ1) is 14.0. The van der Waals surface area contributed by atoms with Crippen molar-refractivity contribution in [2.24, 2.45) is 17.3 Å². The Labute approximate surface area is 173 Å². The zero-order chi connectivity index (χ0) is 20.4. The maximum atomic E-state index is 12.9. The van der Waals surface area contributed by atoms with Crippen molar-refractivity contribution >= 4 is 11.9 Å². The minimum absolute atomic E-state index is 0.122. The molecule has 6 heteroatoms. The van der Waals surface area contributed by atoms with Crippen LogP contribution < -0.4 is 0 Å². The molecule has 1 spiro atoms. The second-order valence-electron chi connectivity index (χ2n) is 9.24. The number of carboxylic acid groups (broad SMARTS) is 1. The van der Waals surface area contributed by atoms with Gasteiger partial charge < -0.3 is 10.0 Å². The summed E-state index contributed by atoms with van der Waals surface area (Å²) in [7, 11) is 0. The normalized spacial score (nSPS) is 25.0. The summed E-state index contributed by atoms with van der Waals surface area (Å²) >= 11 is 0. The Balaban J connectivity index is 1.39. The molecule has 0 radical (unpaired) electrons. The van der Waals surface area contributed by atoms with Gasteiger partial charge in [0, 0.05) is 37.2 Å². The lowest BCUT2D eigenvalue weighted by Crippen LogP contribution is -2.46. The number of aryl methyl sites for hydroxylation is 1. The second-order valence-corrected chi connectivity index (χ2v) is 9.24. The van der Waals surface area contributed by atoms with Crippen LogP contribution in [-0.4, -0.2) is 57.9 Å². The van der Waals surface area contributed by atoms with Crippen LogP contribution in [0.4, 0.5) is 0 Å². The molecule has 1 saturated carbocycles. The molecule has 1 aromatic rings. The lowest BCUT2D eigenvalue weighted by Gasteiger charge is -2.41. The van der Waals surface area contributed by atoms with E-state index in [0.717, 1.165) is 70.3 Å². The van der Waals surface area contributed by atoms with Crippen molar-refractivity contribution in [2.75, 3.05) is 26.2 Å². The van der Waals surface area contributed by atoms with Gasteiger partial charge in [0.15, 0.2) is 0 Å². The predicted molar refractivity (Wildman–Crippen MR) is 110 cm³/mol. The second kappa shape index (κ2) is 8.42. The van der Waals surface area contributed by atoms with Gasteiger partial charge in [0.25, 0.3) is 0 Å². The smallest absolute Gasteiger partial charge is 0.308 e. The van der Waals surface area contributed by atoms with Crippen molar-refractivity contribution in [3.05, 3.63) is 29.6 Å². The molecule has 1 aromatic heterocycles. The van der Waals surface area contributed by atoms with Gasteiger partial charge in [0.1, 0.15) is 0 Å². The summed E-state index contributed by atoms with van der Waals surface area (Å²) in [5, 5.41) is 9.88. The molecule has 1 unspecified atom stereocenters. The fourth-order valence-electron chi connectivity index (χ4n) is 5.56. The Bertz CT molecular complexity index is 734. The first-order valence-electron chi connectivity index (χ1n) is 11.2. The highest BCUT2D eigenvalue weighted by Crippen LogP contribution is 2.46. The molecule has 29 heavy (non-hydrogen) atoms. The molecule has 0 aromatic carbocycles. The average Bonchev–Trinajstić information content (AvgIpc) is 3.39. The average molecular weight is 400 g/mol. The first-order valence-corrected chi connectivity index (χ1v) is 11.2. The minimum atomic E-state index is -0.739. The van der Waals surface area contributed by atoms with E-state index < -0.39 is 11.9 Å². The molecule has 3 fully saturated rings. The third kappa shape index (κ3) is 4.18. The summed E-state index contributed by atoms with van der Waals surface area (Å²) < 4.78 is 0. The predicted octanol–water partition coefficient (Wildman–Crippen LogP) is 2.96. The van der Waals surface area contributed by atoms with Crippen molar-refractivity contribution in [3.8, 4) is 0 Å². The highest BCUT2D eigenvalue weighted by molar-refractivity contribution is 5.81. The SMILES string of the molecule is CCc1ccc(CN2CCC3(CC2)CN(C(=O)C2CCCC2)CC3C(=O)O)nc1. The summed E-state index contributed by atoms with van der Waals surface area (Å²) in [6.45, 7) is 5.69. The van der Waals surface area contributed by atoms with Crippen molar-refractivity contribution in [2.45, 2.75) is 58.4 Å². The first kappa shape index (κ1) is 20.3. The maximum absolute atomic E-state index is 12.9. The molecule has 3 aliphatic rings. The van der Waals surface area contributed by atoms with Crippen molar-refractivity contribution in [1.29, 1.82) is 0 Å². The van der Waals surface area contributed by atoms with Crippen LogP contribution in [-0.2, 0) is 22.6 Å². The molecule has 1 atom stereocenters. The molecule has 6 nitrogen and oxygen atoms in total. The lowest BCUT2D eigenvalue weighted by molar-refractivity contribution is -0.146. The molecular weight excluding hydrogens is 366 g/mol. The van der Waals surface area contributed by atoms with E-state index in [4.69, 9.17) is 0 Å². The van der Waals surface area contributed by atoms with Crippen LogP contribution in [0.2, 0.25) is 0 Å². The number of carboxylic acids is 1. The fourth-order valence-corrected chi connectivity index (χ4v) is 5.56. The van der Waals surface area contributed by atoms with Gasteiger partial charge in [-0.2, -0.15) is 0 Å². The fraction of sp³-hybridized carbons (Fsp3) is 0.696. The van der Waals surface area contributed by atoms with E-state index in [1.54, 1.807) is 0 Å². The Kier molecular flexibility index (Phi) is 5.91. The zero-order valence-corrected chi connectivity index (χ0v) is 17.5. The van der Waals surface area contributed by atoms with E-state index in [9.17, 15) is 14.7 Å². The van der Waals surface area contributed by atoms with Crippen LogP contribution in [0.5, 0.6) is 0 Å². The molecule has 1 N–H and O–H groups in total. The number of hydrogen-bond donors (Lipinski definition) is 1. The van der Waals surface area contributed by atoms with Crippen LogP contribution in [0.25, 0.3) is 0 Å². The number of aliphatic carboxylic acids is 1. The third-order valence-corrected chi connectivity index (χ3v) is 7.49. The lowest BCUT2D eigenvalue weighted by atomic mass is 9.71. The summed E-state index contributed by atoms with van der Waals surface area (Å²) in [6.07, 6.45) is 8.81. The Morgan fingerprint density at radius 3 is 2.52 bits per heavy atom. The zero-order valence-electron chi connectivity index (χ0n) is 17.5. The van der Waals surface area contributed by atoms with Gasteiger partial charge in [0.05, 0.1) is 11.6 Å². The standard InChI is InChI=1S/C23H33N3O3/c1-2-17-7-8-19(24-13-17)14-25-11-9-23(10-12-25)16-26(15-20(23)22(28)29)21(27)18-5-3-4-6-18/h7-8,13,18,20H,2-6,9-12,14-16H2,1H3,(H,28,29). The number of likely N-dealkylation sites (tertiary alicyclic amines) is 2. The third-order valence-electron chi connectivity index (χ3n) is 7.49. The summed E-state index contributed by atoms with van der Waals surface area (Å²) in [5.74, 6) is -0.848. The van der Waals surface area contributed by atoms with E-state index in [1.165, 1.54) is 5.56 Å². The van der Waals surface area contributed by atoms with E-state index in [0.29, 0.717) is 13.1 Å². The number of hydrogen-bond acceptors (Lipinski definition) is 4. The Morgan fingerprint density at radius 2 is 1.93 bits per heavy atom. The quantitative estimate of drug-likeness (QED) is 0.824. The number of aromatic nitrogens is 1. The molecule has 1 aliphatic carbocycles. The molecule has 3 heterocycles. The van der Waals surface area contributed by atoms with Crippen LogP contribution in [0.15, 0.2) is 18.3 Å². The van der Waals surface area contributed by atoms with Crippen LogP contribution in [0, 0.1) is 17.3 Å². The molecule has 1 amide bonds. The summed E-state index contributed by atoms with van der Waals surface area (Å²) in [6, 6.07) is 4.23. The van der Waals surface area contributed by atoms with Gasteiger partial charge >= 0.3 is 5.97 Å². The van der Waals surface area contributed by atoms with Crippen molar-refractivity contribution < 1.29 is 14.7 Å². The highest BCUT2D eigenvalue weighted by atomic mass is 16.4. The van der Waals surface area contributed by atoms with E-state index in [-0.39, 0.29) is 17.2 Å². The van der Waals surface area contributed by atoms with Gasteiger partial charge in [-0.25, -0.2) is 0 Å². The van der Waals surface area contributed by atoms with Crippen molar-refractivity contribution in [1.82, 2.24) is 14.8 Å². The maximum Gasteiger partial charge on any atom is 0.308 e. The van der Waals surface area contributed by atoms with Gasteiger partial charge in [0.2, 0.25) is 5.91 Å². The van der Waals surface area contributed by atoms with Crippen molar-refractivity contribution in [3.63, 3.8) is 0 Å². The topological polar surface area (TPSA) is 73.7 Å². The number of rotatable bonds is 5. The Morgan fingerprint density at radius 1 is 1.21 bits per heavy atom. The van der Waals surface area contributed by atoms with Gasteiger partial charge in [-0.1, -0.05) is 25.8 Å². The number of nitrogens with zero attached hydrogens (tertiary/aromatic N) is 3. The van der Waals surface area contributed by atoms with E-state index in [2.05, 4.69) is 28.9 Å². The van der Waals surface area contributed by atoms with Crippen LogP contribution in [0.1, 0.15) is 56.7 Å². The van der Waals surface area contributed by atoms with Gasteiger partial charge in [-0.15, -0.1) is 0 Å². The molecule has 158 valence electrons. The summed E-state index contributed by atoms with van der Waals surface area (Å²) in [5.41, 5.74) is 2.04. The van der Waals surface area contributed by atoms with Crippen LogP contribution in [0.3, 0.4) is 0 Å². The number of pyridine rings is 1. The van der Waals surface area contributed by atoms with E-state index >= 15 is 0 Å². The highest BCUT2D eigenvalue weighted by Gasteiger charge is 2.53. The number of amides is 1. The number of piperidine rings is 1. The van der Waals surface area contributed by atoms with Crippen LogP contribution >= 0.6 is 0 Å². The van der Waals surface area contributed by atoms with E-state index in [1.807, 2.05) is 11.1 Å². The Hall–Kier alpha value is -1.95. The monoisotopic (exact) mass is 399 g/mol. The minimum Gasteiger partial charge on any atom is -0.481 e. The summed E-state index contributed by atoms with van der Waals surface area (Å²) in [4.78, 5) is 33.8. The number of carbonyl (C=O) groups is 2.